The molecular weight excluding hydrogens is 323 g/mol. The van der Waals surface area contributed by atoms with Crippen molar-refractivity contribution in [2.75, 3.05) is 7.11 Å². The van der Waals surface area contributed by atoms with Gasteiger partial charge in [0.2, 0.25) is 0 Å². The number of carbonyl (C=O) groups excluding carboxylic acids is 1. The van der Waals surface area contributed by atoms with Gasteiger partial charge in [-0.25, -0.2) is 8.42 Å². The van der Waals surface area contributed by atoms with Crippen molar-refractivity contribution in [1.29, 1.82) is 0 Å². The van der Waals surface area contributed by atoms with Crippen LogP contribution in [0.25, 0.3) is 0 Å². The summed E-state index contributed by atoms with van der Waals surface area (Å²) in [6.45, 7) is 0. The molecule has 22 heavy (non-hydrogen) atoms. The maximum absolute atomic E-state index is 11.8. The molecule has 0 aromatic carbocycles. The average molecular weight is 344 g/mol. The van der Waals surface area contributed by atoms with Crippen LogP contribution in [0, 0.1) is 11.8 Å². The van der Waals surface area contributed by atoms with E-state index in [1.165, 1.54) is 0 Å². The van der Waals surface area contributed by atoms with Crippen LogP contribution >= 0.6 is 0 Å². The summed E-state index contributed by atoms with van der Waals surface area (Å²) in [5.74, 6) is -3.01. The quantitative estimate of drug-likeness (QED) is 0.326. The van der Waals surface area contributed by atoms with Crippen LogP contribution < -0.4 is 29.6 Å². The van der Waals surface area contributed by atoms with E-state index in [2.05, 4.69) is 4.74 Å². The Balaban J connectivity index is 0.00000441. The van der Waals surface area contributed by atoms with E-state index in [0.717, 1.165) is 39.2 Å². The molecule has 1 aliphatic rings. The molecule has 0 aromatic heterocycles. The van der Waals surface area contributed by atoms with Gasteiger partial charge in [-0.2, -0.15) is 0 Å². The predicted molar refractivity (Wildman–Crippen MR) is 72.4 cm³/mol. The summed E-state index contributed by atoms with van der Waals surface area (Å²) < 4.78 is 37.7. The zero-order valence-electron chi connectivity index (χ0n) is 13.0. The van der Waals surface area contributed by atoms with Gasteiger partial charge in [0.15, 0.2) is 0 Å². The largest absolute Gasteiger partial charge is 1.00 e. The molecule has 1 fully saturated rings. The number of carboxylic acid groups (broad SMARTS) is 1. The Morgan fingerprint density at radius 1 is 1.27 bits per heavy atom. The third-order valence-electron chi connectivity index (χ3n) is 4.00. The first kappa shape index (κ1) is 21.9. The van der Waals surface area contributed by atoms with E-state index < -0.39 is 39.6 Å². The number of aliphatic carboxylic acids is 1. The molecule has 0 radical (unpaired) electrons. The maximum Gasteiger partial charge on any atom is 1.00 e. The number of hydrogen-bond donors (Lipinski definition) is 1. The summed E-state index contributed by atoms with van der Waals surface area (Å²) >= 11 is 0. The summed E-state index contributed by atoms with van der Waals surface area (Å²) in [5.41, 5.74) is 0. The molecule has 0 saturated heterocycles. The SMILES string of the molecule is COC(=O)C(CC1CCCCC1)C[C@@H](C(=O)O)S(=O)(=O)[O-].[Na+]. The van der Waals surface area contributed by atoms with E-state index in [4.69, 9.17) is 5.11 Å². The number of esters is 1. The van der Waals surface area contributed by atoms with Crippen LogP contribution in [0.3, 0.4) is 0 Å². The monoisotopic (exact) mass is 344 g/mol. The van der Waals surface area contributed by atoms with Crippen molar-refractivity contribution in [3.8, 4) is 0 Å². The first-order valence-electron chi connectivity index (χ1n) is 7.01. The molecule has 0 spiro atoms. The van der Waals surface area contributed by atoms with Crippen molar-refractivity contribution in [3.05, 3.63) is 0 Å². The van der Waals surface area contributed by atoms with Crippen molar-refractivity contribution >= 4 is 22.1 Å². The number of hydrogen-bond acceptors (Lipinski definition) is 6. The molecule has 2 atom stereocenters. The van der Waals surface area contributed by atoms with Crippen LogP contribution in [-0.4, -0.2) is 42.4 Å². The molecule has 7 nitrogen and oxygen atoms in total. The normalized spacial score (nSPS) is 18.8. The summed E-state index contributed by atoms with van der Waals surface area (Å²) in [7, 11) is -3.83. The smallest absolute Gasteiger partial charge is 0.747 e. The van der Waals surface area contributed by atoms with Crippen molar-refractivity contribution in [2.45, 2.75) is 50.2 Å². The van der Waals surface area contributed by atoms with Gasteiger partial charge in [0, 0.05) is 0 Å². The van der Waals surface area contributed by atoms with Crippen molar-refractivity contribution < 1.29 is 62.0 Å². The Hall–Kier alpha value is -0.150. The predicted octanol–water partition coefficient (Wildman–Crippen LogP) is -1.86. The standard InChI is InChI=1S/C13H22O7S.Na/c1-20-13(16)10(7-9-5-3-2-4-6-9)8-11(12(14)15)21(17,18)19;/h9-11H,2-8H2,1H3,(H,14,15)(H,17,18,19);/q;+1/p-1/t10?,11-;/m0./s1. The fourth-order valence-corrected chi connectivity index (χ4v) is 3.60. The number of rotatable bonds is 7. The second-order valence-electron chi connectivity index (χ2n) is 5.52. The maximum atomic E-state index is 11.8. The molecule has 0 bridgehead atoms. The fraction of sp³-hybridized carbons (Fsp3) is 0.846. The first-order valence-corrected chi connectivity index (χ1v) is 8.48. The van der Waals surface area contributed by atoms with E-state index in [-0.39, 0.29) is 35.5 Å². The fourth-order valence-electron chi connectivity index (χ4n) is 2.88. The number of ether oxygens (including phenoxy) is 1. The minimum Gasteiger partial charge on any atom is -0.747 e. The molecule has 1 saturated carbocycles. The van der Waals surface area contributed by atoms with Gasteiger partial charge < -0.3 is 14.4 Å². The Morgan fingerprint density at radius 2 is 1.82 bits per heavy atom. The molecule has 1 unspecified atom stereocenters. The molecule has 9 heteroatoms. The zero-order valence-corrected chi connectivity index (χ0v) is 15.8. The number of methoxy groups -OCH3 is 1. The first-order chi connectivity index (χ1) is 9.75. The van der Waals surface area contributed by atoms with Gasteiger partial charge in [-0.05, 0) is 18.8 Å². The van der Waals surface area contributed by atoms with Crippen LogP contribution in [-0.2, 0) is 24.4 Å². The van der Waals surface area contributed by atoms with E-state index in [1.807, 2.05) is 0 Å². The van der Waals surface area contributed by atoms with E-state index >= 15 is 0 Å². The summed E-state index contributed by atoms with van der Waals surface area (Å²) in [6, 6.07) is 0. The summed E-state index contributed by atoms with van der Waals surface area (Å²) in [5, 5.41) is 6.78. The second-order valence-corrected chi connectivity index (χ2v) is 7.07. The van der Waals surface area contributed by atoms with Gasteiger partial charge in [0.1, 0.15) is 15.4 Å². The molecule has 1 rings (SSSR count). The third-order valence-corrected chi connectivity index (χ3v) is 5.09. The van der Waals surface area contributed by atoms with Crippen LogP contribution in [0.4, 0.5) is 0 Å². The van der Waals surface area contributed by atoms with Gasteiger partial charge >= 0.3 is 41.5 Å². The van der Waals surface area contributed by atoms with Crippen molar-refractivity contribution in [3.63, 3.8) is 0 Å². The van der Waals surface area contributed by atoms with Crippen LogP contribution in [0.2, 0.25) is 0 Å². The Kier molecular flexibility index (Phi) is 9.80. The minimum atomic E-state index is -5.00. The Morgan fingerprint density at radius 3 is 2.23 bits per heavy atom. The molecule has 0 aromatic rings. The second kappa shape index (κ2) is 9.87. The van der Waals surface area contributed by atoms with Crippen molar-refractivity contribution in [2.24, 2.45) is 11.8 Å². The van der Waals surface area contributed by atoms with E-state index in [9.17, 15) is 22.6 Å². The van der Waals surface area contributed by atoms with Gasteiger partial charge in [0.05, 0.1) is 13.0 Å². The van der Waals surface area contributed by atoms with Crippen molar-refractivity contribution in [1.82, 2.24) is 0 Å². The molecular formula is C13H21NaO7S. The zero-order chi connectivity index (χ0) is 16.0. The molecule has 0 heterocycles. The van der Waals surface area contributed by atoms with Gasteiger partial charge in [-0.15, -0.1) is 0 Å². The van der Waals surface area contributed by atoms with Crippen LogP contribution in [0.5, 0.6) is 0 Å². The van der Waals surface area contributed by atoms with E-state index in [0.29, 0.717) is 6.42 Å². The third kappa shape index (κ3) is 6.95. The molecule has 122 valence electrons. The van der Waals surface area contributed by atoms with E-state index in [1.54, 1.807) is 0 Å². The average Bonchev–Trinajstić information content (AvgIpc) is 2.41. The Labute approximate surface area is 152 Å². The van der Waals surface area contributed by atoms with Gasteiger partial charge in [-0.3, -0.25) is 9.59 Å². The molecule has 1 N–H and O–H groups in total. The minimum absolute atomic E-state index is 0. The van der Waals surface area contributed by atoms with Gasteiger partial charge in [-0.1, -0.05) is 32.1 Å². The summed E-state index contributed by atoms with van der Waals surface area (Å²) in [4.78, 5) is 22.7. The Bertz CT molecular complexity index is 471. The number of carboxylic acids is 1. The molecule has 0 amide bonds. The number of carbonyl (C=O) groups is 2. The van der Waals surface area contributed by atoms with Crippen LogP contribution in [0.15, 0.2) is 0 Å². The topological polar surface area (TPSA) is 121 Å². The van der Waals surface area contributed by atoms with Gasteiger partial charge in [0.25, 0.3) is 0 Å². The van der Waals surface area contributed by atoms with Crippen LogP contribution in [0.1, 0.15) is 44.9 Å². The molecule has 1 aliphatic carbocycles. The summed E-state index contributed by atoms with van der Waals surface area (Å²) in [6.07, 6.45) is 4.91. The molecule has 0 aliphatic heterocycles.